The number of esters is 1. The van der Waals surface area contributed by atoms with E-state index in [1.807, 2.05) is 20.8 Å². The highest BCUT2D eigenvalue weighted by molar-refractivity contribution is 5.82. The van der Waals surface area contributed by atoms with Crippen molar-refractivity contribution < 1.29 is 23.5 Å². The molecular formula is C15H20FNO4. The highest BCUT2D eigenvalue weighted by Crippen LogP contribution is 2.13. The van der Waals surface area contributed by atoms with Crippen molar-refractivity contribution in [1.29, 1.82) is 0 Å². The molecule has 5 nitrogen and oxygen atoms in total. The molecule has 1 atom stereocenters. The Labute approximate surface area is 123 Å². The van der Waals surface area contributed by atoms with E-state index >= 15 is 0 Å². The van der Waals surface area contributed by atoms with Crippen LogP contribution in [-0.4, -0.2) is 30.1 Å². The molecule has 0 aliphatic heterocycles. The highest BCUT2D eigenvalue weighted by Gasteiger charge is 2.19. The van der Waals surface area contributed by atoms with E-state index in [0.29, 0.717) is 5.75 Å². The number of benzene rings is 1. The van der Waals surface area contributed by atoms with Gasteiger partial charge in [0.1, 0.15) is 11.6 Å². The molecule has 0 aliphatic rings. The highest BCUT2D eigenvalue weighted by atomic mass is 19.1. The lowest BCUT2D eigenvalue weighted by molar-refractivity contribution is -0.155. The van der Waals surface area contributed by atoms with Crippen LogP contribution in [0.3, 0.4) is 0 Å². The number of hydrogen-bond donors (Lipinski definition) is 1. The zero-order chi connectivity index (χ0) is 16.0. The van der Waals surface area contributed by atoms with Crippen LogP contribution in [0, 0.1) is 5.82 Å². The summed E-state index contributed by atoms with van der Waals surface area (Å²) in [4.78, 5) is 23.2. The van der Waals surface area contributed by atoms with Crippen LogP contribution in [0.25, 0.3) is 0 Å². The molecule has 0 aliphatic carbocycles. The van der Waals surface area contributed by atoms with Crippen LogP contribution in [-0.2, 0) is 14.3 Å². The zero-order valence-electron chi connectivity index (χ0n) is 12.6. The van der Waals surface area contributed by atoms with Gasteiger partial charge in [-0.3, -0.25) is 4.79 Å². The summed E-state index contributed by atoms with van der Waals surface area (Å²) >= 11 is 0. The molecule has 0 spiro atoms. The second-order valence-electron chi connectivity index (χ2n) is 5.62. The zero-order valence-corrected chi connectivity index (χ0v) is 12.6. The first kappa shape index (κ1) is 16.9. The van der Waals surface area contributed by atoms with E-state index in [1.54, 1.807) is 0 Å². The van der Waals surface area contributed by atoms with Crippen LogP contribution in [0.5, 0.6) is 5.75 Å². The molecule has 0 radical (unpaired) electrons. The van der Waals surface area contributed by atoms with Gasteiger partial charge in [0.05, 0.1) is 0 Å². The predicted molar refractivity (Wildman–Crippen MR) is 75.3 cm³/mol. The summed E-state index contributed by atoms with van der Waals surface area (Å²) in [6.07, 6.45) is -0.891. The van der Waals surface area contributed by atoms with Gasteiger partial charge in [-0.1, -0.05) is 0 Å². The molecule has 0 fully saturated rings. The van der Waals surface area contributed by atoms with Crippen LogP contribution in [0.4, 0.5) is 4.39 Å². The Morgan fingerprint density at radius 2 is 1.81 bits per heavy atom. The lowest BCUT2D eigenvalue weighted by Gasteiger charge is -2.20. The number of ether oxygens (including phenoxy) is 2. The summed E-state index contributed by atoms with van der Waals surface area (Å²) in [5.74, 6) is -1.09. The first-order chi connectivity index (χ1) is 9.67. The third-order valence-corrected chi connectivity index (χ3v) is 2.32. The Balaban J connectivity index is 2.41. The maximum atomic E-state index is 12.7. The second-order valence-corrected chi connectivity index (χ2v) is 5.62. The number of carbonyl (C=O) groups is 2. The first-order valence-corrected chi connectivity index (χ1v) is 6.57. The molecule has 1 amide bonds. The molecule has 0 heterocycles. The summed E-state index contributed by atoms with van der Waals surface area (Å²) < 4.78 is 22.9. The number of carbonyl (C=O) groups excluding carboxylic acids is 2. The smallest absolute Gasteiger partial charge is 0.347 e. The van der Waals surface area contributed by atoms with Gasteiger partial charge in [-0.15, -0.1) is 0 Å². The third-order valence-electron chi connectivity index (χ3n) is 2.32. The van der Waals surface area contributed by atoms with Gasteiger partial charge < -0.3 is 14.8 Å². The SMILES string of the molecule is C[C@H](Oc1ccc(F)cc1)C(=O)OCC(=O)NC(C)(C)C. The number of rotatable bonds is 5. The fraction of sp³-hybridized carbons (Fsp3) is 0.467. The third kappa shape index (κ3) is 6.74. The van der Waals surface area contributed by atoms with Crippen LogP contribution < -0.4 is 10.1 Å². The molecule has 116 valence electrons. The van der Waals surface area contributed by atoms with Crippen molar-refractivity contribution >= 4 is 11.9 Å². The minimum Gasteiger partial charge on any atom is -0.479 e. The van der Waals surface area contributed by atoms with E-state index in [1.165, 1.54) is 31.2 Å². The van der Waals surface area contributed by atoms with E-state index in [2.05, 4.69) is 5.32 Å². The molecule has 0 saturated carbocycles. The lowest BCUT2D eigenvalue weighted by Crippen LogP contribution is -2.43. The molecule has 21 heavy (non-hydrogen) atoms. The van der Waals surface area contributed by atoms with Gasteiger partial charge in [-0.25, -0.2) is 9.18 Å². The van der Waals surface area contributed by atoms with Gasteiger partial charge in [0, 0.05) is 5.54 Å². The Morgan fingerprint density at radius 1 is 1.24 bits per heavy atom. The van der Waals surface area contributed by atoms with Crippen LogP contribution in [0.15, 0.2) is 24.3 Å². The predicted octanol–water partition coefficient (Wildman–Crippen LogP) is 2.05. The van der Waals surface area contributed by atoms with Crippen molar-refractivity contribution in [2.45, 2.75) is 39.3 Å². The van der Waals surface area contributed by atoms with Gasteiger partial charge in [0.25, 0.3) is 5.91 Å². The van der Waals surface area contributed by atoms with Gasteiger partial charge in [-0.2, -0.15) is 0 Å². The molecule has 1 rings (SSSR count). The van der Waals surface area contributed by atoms with Gasteiger partial charge in [-0.05, 0) is 52.0 Å². The second kappa shape index (κ2) is 7.06. The maximum Gasteiger partial charge on any atom is 0.347 e. The van der Waals surface area contributed by atoms with Crippen LogP contribution >= 0.6 is 0 Å². The average molecular weight is 297 g/mol. The number of amides is 1. The molecule has 0 unspecified atom stereocenters. The fourth-order valence-electron chi connectivity index (χ4n) is 1.47. The summed E-state index contributed by atoms with van der Waals surface area (Å²) in [6, 6.07) is 5.27. The van der Waals surface area contributed by atoms with Gasteiger partial charge in [0.15, 0.2) is 12.7 Å². The molecule has 0 bridgehead atoms. The van der Waals surface area contributed by atoms with Gasteiger partial charge >= 0.3 is 5.97 Å². The number of halogens is 1. The molecule has 1 aromatic rings. The van der Waals surface area contributed by atoms with Crippen molar-refractivity contribution in [2.24, 2.45) is 0 Å². The van der Waals surface area contributed by atoms with E-state index < -0.39 is 17.9 Å². The summed E-state index contributed by atoms with van der Waals surface area (Å²) in [5, 5.41) is 2.67. The maximum absolute atomic E-state index is 12.7. The fourth-order valence-corrected chi connectivity index (χ4v) is 1.47. The Bertz CT molecular complexity index is 493. The Hall–Kier alpha value is -2.11. The standard InChI is InChI=1S/C15H20FNO4/c1-10(21-12-7-5-11(16)6-8-12)14(19)20-9-13(18)17-15(2,3)4/h5-8,10H,9H2,1-4H3,(H,17,18)/t10-/m0/s1. The topological polar surface area (TPSA) is 64.6 Å². The summed E-state index contributed by atoms with van der Waals surface area (Å²) in [7, 11) is 0. The molecule has 1 N–H and O–H groups in total. The lowest BCUT2D eigenvalue weighted by atomic mass is 10.1. The summed E-state index contributed by atoms with van der Waals surface area (Å²) in [6.45, 7) is 6.60. The molecule has 6 heteroatoms. The van der Waals surface area contributed by atoms with Crippen molar-refractivity contribution in [3.05, 3.63) is 30.1 Å². The van der Waals surface area contributed by atoms with Crippen molar-refractivity contribution in [3.8, 4) is 5.75 Å². The largest absolute Gasteiger partial charge is 0.479 e. The van der Waals surface area contributed by atoms with Crippen molar-refractivity contribution in [3.63, 3.8) is 0 Å². The first-order valence-electron chi connectivity index (χ1n) is 6.57. The van der Waals surface area contributed by atoms with Crippen LogP contribution in [0.1, 0.15) is 27.7 Å². The average Bonchev–Trinajstić information content (AvgIpc) is 2.36. The molecule has 1 aromatic carbocycles. The number of nitrogens with one attached hydrogen (secondary N) is 1. The minimum atomic E-state index is -0.891. The monoisotopic (exact) mass is 297 g/mol. The molecule has 0 saturated heterocycles. The minimum absolute atomic E-state index is 0.347. The van der Waals surface area contributed by atoms with Crippen molar-refractivity contribution in [1.82, 2.24) is 5.32 Å². The van der Waals surface area contributed by atoms with Crippen LogP contribution in [0.2, 0.25) is 0 Å². The quantitative estimate of drug-likeness (QED) is 0.845. The van der Waals surface area contributed by atoms with Crippen molar-refractivity contribution in [2.75, 3.05) is 6.61 Å². The van der Waals surface area contributed by atoms with Gasteiger partial charge in [0.2, 0.25) is 0 Å². The summed E-state index contributed by atoms with van der Waals surface area (Å²) in [5.41, 5.74) is -0.389. The van der Waals surface area contributed by atoms with E-state index in [4.69, 9.17) is 9.47 Å². The molecule has 0 aromatic heterocycles. The Morgan fingerprint density at radius 3 is 2.33 bits per heavy atom. The van der Waals surface area contributed by atoms with E-state index in [9.17, 15) is 14.0 Å². The van der Waals surface area contributed by atoms with E-state index in [0.717, 1.165) is 0 Å². The normalized spacial score (nSPS) is 12.4. The molecular weight excluding hydrogens is 277 g/mol. The van der Waals surface area contributed by atoms with E-state index in [-0.39, 0.29) is 18.1 Å². The number of hydrogen-bond acceptors (Lipinski definition) is 4. The Kier molecular flexibility index (Phi) is 5.69.